The van der Waals surface area contributed by atoms with Crippen molar-refractivity contribution in [2.75, 3.05) is 13.2 Å². The molecule has 1 atom stereocenters. The molecule has 0 amide bonds. The second-order valence-electron chi connectivity index (χ2n) is 3.54. The van der Waals surface area contributed by atoms with Crippen LogP contribution in [-0.2, 0) is 42.2 Å². The Morgan fingerprint density at radius 3 is 2.79 bits per heavy atom. The van der Waals surface area contributed by atoms with Gasteiger partial charge in [0.25, 0.3) is 0 Å². The predicted octanol–water partition coefficient (Wildman–Crippen LogP) is 2.42. The number of fused-ring (bicyclic) bond motifs is 1. The minimum absolute atomic E-state index is 0. The molecule has 0 aromatic carbocycles. The number of hydrogen-bond donors (Lipinski definition) is 0. The number of rotatable bonds is 2. The summed E-state index contributed by atoms with van der Waals surface area (Å²) < 4.78 is 11.0. The van der Waals surface area contributed by atoms with Crippen molar-refractivity contribution in [3.63, 3.8) is 0 Å². The Kier molecular flexibility index (Phi) is 4.65. The molecule has 1 unspecified atom stereocenters. The molecule has 3 heteroatoms. The van der Waals surface area contributed by atoms with Crippen molar-refractivity contribution < 1.29 is 42.2 Å². The van der Waals surface area contributed by atoms with Gasteiger partial charge in [-0.15, -0.1) is 5.57 Å². The fourth-order valence-corrected chi connectivity index (χ4v) is 1.69. The molecule has 1 fully saturated rings. The maximum atomic E-state index is 5.59. The maximum Gasteiger partial charge on any atom is 0.116 e. The zero-order valence-corrected chi connectivity index (χ0v) is 11.6. The fraction of sp³-hybridized carbons (Fsp3) is 0.636. The molecule has 2 aliphatic rings. The molecular weight excluding hydrogens is 253 g/mol. The molecule has 1 aliphatic heterocycles. The van der Waals surface area contributed by atoms with Crippen LogP contribution in [0.25, 0.3) is 0 Å². The third-order valence-electron chi connectivity index (χ3n) is 2.72. The minimum Gasteiger partial charge on any atom is -0.572 e. The fourth-order valence-electron chi connectivity index (χ4n) is 1.69. The van der Waals surface area contributed by atoms with E-state index in [9.17, 15) is 0 Å². The van der Waals surface area contributed by atoms with Gasteiger partial charge in [-0.2, -0.15) is 0 Å². The summed E-state index contributed by atoms with van der Waals surface area (Å²) in [6.07, 6.45) is 5.26. The van der Waals surface area contributed by atoms with Gasteiger partial charge in [-0.25, -0.2) is 6.08 Å². The van der Waals surface area contributed by atoms with Gasteiger partial charge in [-0.1, -0.05) is 26.7 Å². The molecule has 0 bridgehead atoms. The molecule has 0 spiro atoms. The molecule has 2 nitrogen and oxygen atoms in total. The van der Waals surface area contributed by atoms with Crippen LogP contribution < -0.4 is 0 Å². The van der Waals surface area contributed by atoms with Crippen LogP contribution in [-0.4, -0.2) is 13.2 Å². The minimum atomic E-state index is 0. The Morgan fingerprint density at radius 1 is 1.36 bits per heavy atom. The summed E-state index contributed by atoms with van der Waals surface area (Å²) in [5.74, 6) is 2.41. The summed E-state index contributed by atoms with van der Waals surface area (Å²) in [7, 11) is 0. The molecular formula is C11H15O2Y-. The Bertz CT molecular complexity index is 268. The van der Waals surface area contributed by atoms with Gasteiger partial charge in [0.15, 0.2) is 0 Å². The van der Waals surface area contributed by atoms with E-state index in [-0.39, 0.29) is 32.7 Å². The van der Waals surface area contributed by atoms with Crippen LogP contribution in [0.15, 0.2) is 17.1 Å². The van der Waals surface area contributed by atoms with E-state index in [1.807, 2.05) is 0 Å². The smallest absolute Gasteiger partial charge is 0.116 e. The SMILES string of the molecule is CCC(C)C1=C2OCCOC2=[C-]C1.[Y]. The van der Waals surface area contributed by atoms with E-state index in [0.717, 1.165) is 24.4 Å². The average Bonchev–Trinajstić information content (AvgIpc) is 2.60. The van der Waals surface area contributed by atoms with Gasteiger partial charge >= 0.3 is 0 Å². The summed E-state index contributed by atoms with van der Waals surface area (Å²) in [4.78, 5) is 0. The molecule has 0 saturated carbocycles. The van der Waals surface area contributed by atoms with Crippen molar-refractivity contribution >= 4 is 0 Å². The van der Waals surface area contributed by atoms with Gasteiger partial charge in [0.2, 0.25) is 0 Å². The number of ether oxygens (including phenoxy) is 2. The molecule has 75 valence electrons. The average molecular weight is 268 g/mol. The van der Waals surface area contributed by atoms with Gasteiger partial charge in [0, 0.05) is 38.5 Å². The second kappa shape index (κ2) is 5.32. The second-order valence-corrected chi connectivity index (χ2v) is 3.54. The van der Waals surface area contributed by atoms with Crippen molar-refractivity contribution in [1.29, 1.82) is 0 Å². The van der Waals surface area contributed by atoms with Crippen LogP contribution in [0.2, 0.25) is 0 Å². The first-order chi connectivity index (χ1) is 6.33. The number of hydrogen-bond acceptors (Lipinski definition) is 2. The van der Waals surface area contributed by atoms with Gasteiger partial charge in [-0.05, 0) is 11.7 Å². The monoisotopic (exact) mass is 268 g/mol. The van der Waals surface area contributed by atoms with Gasteiger partial charge < -0.3 is 9.47 Å². The van der Waals surface area contributed by atoms with Crippen LogP contribution in [0.3, 0.4) is 0 Å². The largest absolute Gasteiger partial charge is 0.572 e. The van der Waals surface area contributed by atoms with Crippen molar-refractivity contribution in [1.82, 2.24) is 0 Å². The summed E-state index contributed by atoms with van der Waals surface area (Å²) in [5, 5.41) is 0. The van der Waals surface area contributed by atoms with Crippen molar-refractivity contribution in [2.24, 2.45) is 5.92 Å². The van der Waals surface area contributed by atoms with Crippen molar-refractivity contribution in [2.45, 2.75) is 26.7 Å². The van der Waals surface area contributed by atoms with Crippen LogP contribution in [0.1, 0.15) is 26.7 Å². The molecule has 2 rings (SSSR count). The summed E-state index contributed by atoms with van der Waals surface area (Å²) in [6.45, 7) is 5.77. The first kappa shape index (κ1) is 12.3. The summed E-state index contributed by atoms with van der Waals surface area (Å²) in [5.41, 5.74) is 1.36. The van der Waals surface area contributed by atoms with Crippen LogP contribution in [0.4, 0.5) is 0 Å². The van der Waals surface area contributed by atoms with Crippen molar-refractivity contribution in [3.8, 4) is 0 Å². The number of allylic oxidation sites excluding steroid dienone is 2. The van der Waals surface area contributed by atoms with Crippen LogP contribution >= 0.6 is 0 Å². The molecule has 14 heavy (non-hydrogen) atoms. The van der Waals surface area contributed by atoms with E-state index in [1.54, 1.807) is 0 Å². The zero-order valence-electron chi connectivity index (χ0n) is 8.80. The van der Waals surface area contributed by atoms with Crippen molar-refractivity contribution in [3.05, 3.63) is 23.2 Å². The molecule has 0 aromatic rings. The molecule has 0 aromatic heterocycles. The Hall–Kier alpha value is 0.184. The van der Waals surface area contributed by atoms with Gasteiger partial charge in [0.1, 0.15) is 6.61 Å². The quantitative estimate of drug-likeness (QED) is 0.716. The summed E-state index contributed by atoms with van der Waals surface area (Å²) >= 11 is 0. The molecule has 1 saturated heterocycles. The van der Waals surface area contributed by atoms with E-state index >= 15 is 0 Å². The normalized spacial score (nSPS) is 21.4. The third-order valence-corrected chi connectivity index (χ3v) is 2.72. The van der Waals surface area contributed by atoms with E-state index < -0.39 is 0 Å². The first-order valence-corrected chi connectivity index (χ1v) is 4.92. The van der Waals surface area contributed by atoms with Crippen LogP contribution in [0, 0.1) is 12.0 Å². The predicted molar refractivity (Wildman–Crippen MR) is 49.8 cm³/mol. The Balaban J connectivity index is 0.000000980. The van der Waals surface area contributed by atoms with E-state index in [0.29, 0.717) is 19.1 Å². The summed E-state index contributed by atoms with van der Waals surface area (Å²) in [6, 6.07) is 0. The van der Waals surface area contributed by atoms with Gasteiger partial charge in [-0.3, -0.25) is 0 Å². The Morgan fingerprint density at radius 2 is 2.07 bits per heavy atom. The first-order valence-electron chi connectivity index (χ1n) is 4.92. The van der Waals surface area contributed by atoms with Gasteiger partial charge in [0.05, 0.1) is 6.61 Å². The topological polar surface area (TPSA) is 18.5 Å². The van der Waals surface area contributed by atoms with E-state index in [4.69, 9.17) is 9.47 Å². The molecule has 0 N–H and O–H groups in total. The third kappa shape index (κ3) is 2.22. The standard InChI is InChI=1S/C11H15O2.Y/c1-3-8(2)9-4-5-10-11(9)13-7-6-12-10;/h8H,3-4,6-7H2,1-2H3;/q-1;. The molecule has 1 aliphatic carbocycles. The molecule has 1 radical (unpaired) electrons. The maximum absolute atomic E-state index is 5.59. The van der Waals surface area contributed by atoms with E-state index in [1.165, 1.54) is 5.57 Å². The Labute approximate surface area is 111 Å². The van der Waals surface area contributed by atoms with E-state index in [2.05, 4.69) is 19.9 Å². The van der Waals surface area contributed by atoms with Crippen LogP contribution in [0.5, 0.6) is 0 Å². The zero-order chi connectivity index (χ0) is 9.26. The molecule has 1 heterocycles.